The summed E-state index contributed by atoms with van der Waals surface area (Å²) in [6.45, 7) is 0. The van der Waals surface area contributed by atoms with Crippen LogP contribution in [0.5, 0.6) is 5.75 Å². The molecule has 88 valence electrons. The molecule has 0 saturated carbocycles. The minimum absolute atomic E-state index is 0.0352. The van der Waals surface area contributed by atoms with Gasteiger partial charge in [0.25, 0.3) is 0 Å². The van der Waals surface area contributed by atoms with Crippen molar-refractivity contribution in [3.8, 4) is 5.75 Å². The van der Waals surface area contributed by atoms with Crippen LogP contribution in [0, 0.1) is 0 Å². The highest BCUT2D eigenvalue weighted by molar-refractivity contribution is 7.10. The molecule has 0 radical (unpaired) electrons. The average Bonchev–Trinajstić information content (AvgIpc) is 2.61. The van der Waals surface area contributed by atoms with Crippen LogP contribution in [-0.4, -0.2) is 7.11 Å². The van der Waals surface area contributed by atoms with Crippen molar-refractivity contribution >= 4 is 11.3 Å². The first-order chi connectivity index (χ1) is 7.83. The molecule has 2 nitrogen and oxygen atoms in total. The summed E-state index contributed by atoms with van der Waals surface area (Å²) in [5, 5.41) is 2.05. The molecule has 1 aliphatic rings. The summed E-state index contributed by atoms with van der Waals surface area (Å²) in [7, 11) is 1.71. The Bertz CT molecular complexity index is 370. The number of ether oxygens (including phenoxy) is 1. The molecule has 0 spiro atoms. The molecule has 0 amide bonds. The number of thiophene rings is 1. The predicted octanol–water partition coefficient (Wildman–Crippen LogP) is 3.65. The fourth-order valence-electron chi connectivity index (χ4n) is 2.20. The zero-order valence-electron chi connectivity index (χ0n) is 9.74. The van der Waals surface area contributed by atoms with Gasteiger partial charge in [-0.3, -0.25) is 0 Å². The molecule has 1 aromatic heterocycles. The molecule has 1 atom stereocenters. The Balaban J connectivity index is 2.17. The summed E-state index contributed by atoms with van der Waals surface area (Å²) < 4.78 is 5.33. The predicted molar refractivity (Wildman–Crippen MR) is 69.0 cm³/mol. The van der Waals surface area contributed by atoms with Gasteiger partial charge in [0, 0.05) is 0 Å². The van der Waals surface area contributed by atoms with Crippen LogP contribution >= 0.6 is 11.3 Å². The van der Waals surface area contributed by atoms with Crippen LogP contribution < -0.4 is 10.5 Å². The molecular formula is C13H19NOS. The molecule has 0 aromatic carbocycles. The molecule has 0 fully saturated rings. The van der Waals surface area contributed by atoms with E-state index in [-0.39, 0.29) is 6.04 Å². The van der Waals surface area contributed by atoms with Crippen LogP contribution in [0.1, 0.15) is 43.0 Å². The van der Waals surface area contributed by atoms with Gasteiger partial charge in [0.2, 0.25) is 0 Å². The summed E-state index contributed by atoms with van der Waals surface area (Å²) in [5.74, 6) is 0.933. The second-order valence-corrected chi connectivity index (χ2v) is 5.16. The van der Waals surface area contributed by atoms with E-state index in [0.29, 0.717) is 0 Å². The fraction of sp³-hybridized carbons (Fsp3) is 0.538. The maximum absolute atomic E-state index is 6.32. The van der Waals surface area contributed by atoms with Gasteiger partial charge >= 0.3 is 0 Å². The van der Waals surface area contributed by atoms with E-state index in [4.69, 9.17) is 10.5 Å². The van der Waals surface area contributed by atoms with E-state index in [1.165, 1.54) is 31.3 Å². The molecule has 1 unspecified atom stereocenters. The lowest BCUT2D eigenvalue weighted by molar-refractivity contribution is 0.410. The second kappa shape index (κ2) is 5.51. The summed E-state index contributed by atoms with van der Waals surface area (Å²) in [6.07, 6.45) is 8.55. The molecule has 0 bridgehead atoms. The van der Waals surface area contributed by atoms with E-state index >= 15 is 0 Å². The van der Waals surface area contributed by atoms with Crippen LogP contribution in [-0.2, 0) is 0 Å². The van der Waals surface area contributed by atoms with Crippen LogP contribution in [0.4, 0.5) is 0 Å². The monoisotopic (exact) mass is 237 g/mol. The zero-order chi connectivity index (χ0) is 11.4. The lowest BCUT2D eigenvalue weighted by atomic mass is 10.0. The van der Waals surface area contributed by atoms with E-state index in [9.17, 15) is 0 Å². The number of hydrogen-bond acceptors (Lipinski definition) is 3. The van der Waals surface area contributed by atoms with Crippen molar-refractivity contribution in [2.75, 3.05) is 7.11 Å². The molecule has 16 heavy (non-hydrogen) atoms. The molecular weight excluding hydrogens is 218 g/mol. The van der Waals surface area contributed by atoms with E-state index < -0.39 is 0 Å². The Morgan fingerprint density at radius 1 is 1.38 bits per heavy atom. The van der Waals surface area contributed by atoms with E-state index in [2.05, 4.69) is 6.08 Å². The third kappa shape index (κ3) is 2.47. The quantitative estimate of drug-likeness (QED) is 0.814. The van der Waals surface area contributed by atoms with Gasteiger partial charge in [-0.1, -0.05) is 18.1 Å². The Morgan fingerprint density at radius 3 is 3.06 bits per heavy atom. The number of allylic oxidation sites excluding steroid dienone is 1. The van der Waals surface area contributed by atoms with Gasteiger partial charge in [-0.2, -0.15) is 0 Å². The van der Waals surface area contributed by atoms with Crippen LogP contribution in [0.2, 0.25) is 0 Å². The SMILES string of the molecule is COc1ccsc1C(N)C1=CCCCCC1. The summed E-state index contributed by atoms with van der Waals surface area (Å²) in [5.41, 5.74) is 7.71. The normalized spacial score (nSPS) is 18.8. The third-order valence-corrected chi connectivity index (χ3v) is 4.12. The highest BCUT2D eigenvalue weighted by atomic mass is 32.1. The lowest BCUT2D eigenvalue weighted by Gasteiger charge is -2.15. The highest BCUT2D eigenvalue weighted by Crippen LogP contribution is 2.35. The van der Waals surface area contributed by atoms with Gasteiger partial charge in [-0.15, -0.1) is 11.3 Å². The maximum atomic E-state index is 6.32. The topological polar surface area (TPSA) is 35.2 Å². The van der Waals surface area contributed by atoms with Gasteiger partial charge in [0.05, 0.1) is 18.0 Å². The van der Waals surface area contributed by atoms with Crippen LogP contribution in [0.3, 0.4) is 0 Å². The number of nitrogens with two attached hydrogens (primary N) is 1. The number of rotatable bonds is 3. The molecule has 1 heterocycles. The smallest absolute Gasteiger partial charge is 0.134 e. The molecule has 1 aromatic rings. The lowest BCUT2D eigenvalue weighted by Crippen LogP contribution is -2.12. The first-order valence-corrected chi connectivity index (χ1v) is 6.77. The van der Waals surface area contributed by atoms with Crippen molar-refractivity contribution in [1.29, 1.82) is 0 Å². The van der Waals surface area contributed by atoms with Crippen LogP contribution in [0.15, 0.2) is 23.1 Å². The number of methoxy groups -OCH3 is 1. The van der Waals surface area contributed by atoms with E-state index in [1.807, 2.05) is 11.4 Å². The number of hydrogen-bond donors (Lipinski definition) is 1. The van der Waals surface area contributed by atoms with Gasteiger partial charge < -0.3 is 10.5 Å². The second-order valence-electron chi connectivity index (χ2n) is 4.21. The third-order valence-electron chi connectivity index (χ3n) is 3.14. The van der Waals surface area contributed by atoms with Gasteiger partial charge in [0.1, 0.15) is 5.75 Å². The first kappa shape index (κ1) is 11.7. The van der Waals surface area contributed by atoms with Crippen molar-refractivity contribution in [3.05, 3.63) is 28.0 Å². The minimum Gasteiger partial charge on any atom is -0.496 e. The standard InChI is InChI=1S/C13H19NOS/c1-15-11-8-9-16-13(11)12(14)10-6-4-2-3-5-7-10/h6,8-9,12H,2-5,7,14H2,1H3. The van der Waals surface area contributed by atoms with Crippen molar-refractivity contribution in [3.63, 3.8) is 0 Å². The maximum Gasteiger partial charge on any atom is 0.134 e. The molecule has 0 saturated heterocycles. The molecule has 3 heteroatoms. The Hall–Kier alpha value is -0.800. The van der Waals surface area contributed by atoms with Crippen molar-refractivity contribution in [2.24, 2.45) is 5.73 Å². The van der Waals surface area contributed by atoms with Crippen LogP contribution in [0.25, 0.3) is 0 Å². The summed E-state index contributed by atoms with van der Waals surface area (Å²) in [6, 6.07) is 2.03. The van der Waals surface area contributed by atoms with Gasteiger partial charge in [0.15, 0.2) is 0 Å². The van der Waals surface area contributed by atoms with Gasteiger partial charge in [-0.25, -0.2) is 0 Å². The zero-order valence-corrected chi connectivity index (χ0v) is 10.6. The molecule has 2 N–H and O–H groups in total. The minimum atomic E-state index is 0.0352. The van der Waals surface area contributed by atoms with E-state index in [0.717, 1.165) is 17.0 Å². The molecule has 0 aliphatic heterocycles. The average molecular weight is 237 g/mol. The first-order valence-electron chi connectivity index (χ1n) is 5.89. The van der Waals surface area contributed by atoms with Crippen molar-refractivity contribution in [2.45, 2.75) is 38.1 Å². The highest BCUT2D eigenvalue weighted by Gasteiger charge is 2.18. The Labute approximate surface area is 101 Å². The largest absolute Gasteiger partial charge is 0.496 e. The summed E-state index contributed by atoms with van der Waals surface area (Å²) in [4.78, 5) is 1.16. The van der Waals surface area contributed by atoms with Gasteiger partial charge in [-0.05, 0) is 37.1 Å². The Morgan fingerprint density at radius 2 is 2.25 bits per heavy atom. The van der Waals surface area contributed by atoms with Crippen molar-refractivity contribution < 1.29 is 4.74 Å². The Kier molecular flexibility index (Phi) is 4.02. The molecule has 1 aliphatic carbocycles. The fourth-order valence-corrected chi connectivity index (χ4v) is 3.10. The van der Waals surface area contributed by atoms with E-state index in [1.54, 1.807) is 18.4 Å². The van der Waals surface area contributed by atoms with Crippen molar-refractivity contribution in [1.82, 2.24) is 0 Å². The summed E-state index contributed by atoms with van der Waals surface area (Å²) >= 11 is 1.69. The molecule has 2 rings (SSSR count).